The number of rotatable bonds is 12. The van der Waals surface area contributed by atoms with Crippen LogP contribution in [0.2, 0.25) is 0 Å². The number of likely N-dealkylation sites (tertiary alicyclic amines) is 2. The molecule has 2 atom stereocenters. The van der Waals surface area contributed by atoms with E-state index in [1.54, 1.807) is 24.3 Å². The van der Waals surface area contributed by atoms with Crippen molar-refractivity contribution in [3.05, 3.63) is 239 Å². The zero-order chi connectivity index (χ0) is 52.6. The van der Waals surface area contributed by atoms with E-state index >= 15 is 4.79 Å². The number of aromatic nitrogens is 4. The largest absolute Gasteiger partial charge is 0.350 e. The van der Waals surface area contributed by atoms with E-state index in [0.29, 0.717) is 13.1 Å². The van der Waals surface area contributed by atoms with Crippen LogP contribution in [0.5, 0.6) is 0 Å². The van der Waals surface area contributed by atoms with Crippen LogP contribution in [0.1, 0.15) is 83.0 Å². The summed E-state index contributed by atoms with van der Waals surface area (Å²) >= 11 is 0. The van der Waals surface area contributed by atoms with Crippen molar-refractivity contribution in [3.63, 3.8) is 0 Å². The summed E-state index contributed by atoms with van der Waals surface area (Å²) in [5.41, 5.74) is 12.2. The first-order chi connectivity index (χ1) is 38.3. The number of fused-ring (bicyclic) bond motifs is 8. The van der Waals surface area contributed by atoms with Crippen molar-refractivity contribution in [2.75, 3.05) is 26.2 Å². The normalized spacial score (nSPS) is 16.2. The lowest BCUT2D eigenvalue weighted by Gasteiger charge is -2.33. The second-order valence-electron chi connectivity index (χ2n) is 22.1. The first kappa shape index (κ1) is 48.3. The van der Waals surface area contributed by atoms with Gasteiger partial charge in [0, 0.05) is 154 Å². The van der Waals surface area contributed by atoms with Gasteiger partial charge in [0.25, 0.3) is 0 Å². The topological polar surface area (TPSA) is 43.3 Å². The molecule has 0 aliphatic carbocycles. The van der Waals surface area contributed by atoms with Crippen LogP contribution in [-0.2, 0) is 32.0 Å². The molecular weight excluding hydrogens is 967 g/mol. The number of para-hydroxylation sites is 4. The van der Waals surface area contributed by atoms with Gasteiger partial charge >= 0.3 is 0 Å². The van der Waals surface area contributed by atoms with Gasteiger partial charge in [-0.1, -0.05) is 133 Å². The summed E-state index contributed by atoms with van der Waals surface area (Å²) in [7, 11) is 4.20. The average Bonchev–Trinajstić information content (AvgIpc) is 4.24. The number of carbonyl (C=O) groups excluding carboxylic acids is 1. The highest BCUT2D eigenvalue weighted by atomic mass is 19.1. The van der Waals surface area contributed by atoms with Crippen LogP contribution in [0.25, 0.3) is 65.4 Å². The van der Waals surface area contributed by atoms with E-state index in [-0.39, 0.29) is 29.5 Å². The molecule has 8 aromatic carbocycles. The number of hydrogen-bond acceptors (Lipinski definition) is 3. The van der Waals surface area contributed by atoms with E-state index < -0.39 is 11.8 Å². The first-order valence-electron chi connectivity index (χ1n) is 27.8. The molecule has 0 spiro atoms. The van der Waals surface area contributed by atoms with E-state index in [4.69, 9.17) is 0 Å². The quantitative estimate of drug-likeness (QED) is 0.122. The molecule has 2 unspecified atom stereocenters. The molecular formula is C69H62F2N6O. The maximum atomic E-state index is 17.5. The molecule has 0 radical (unpaired) electrons. The molecule has 4 aromatic heterocycles. The standard InChI is InChI=1S/C69H62F2N6O/c1-72-43-55(49-19-5-11-27-59(49)72)67(53-23-15-31-63-65(53)51-21-7-13-29-61(51)76(63)47-33-37-74(38-34-47)41-45-17-3-9-25-57(45)70)69(78)68(56-44-73(2)60-28-12-6-20-50(56)60)54-24-16-32-64-66(54)52-22-8-14-30-62(52)77(64)48-35-39-75(40-36-48)42-46-18-4-10-26-58(46)71/h3-32,43-44,47-48,67-68H,33-42H2,1-2H3. The lowest BCUT2D eigenvalue weighted by atomic mass is 9.75. The highest BCUT2D eigenvalue weighted by molar-refractivity contribution is 6.16. The molecule has 0 saturated carbocycles. The Hall–Kier alpha value is -8.11. The zero-order valence-corrected chi connectivity index (χ0v) is 44.2. The smallest absolute Gasteiger partial charge is 0.156 e. The van der Waals surface area contributed by atoms with Crippen molar-refractivity contribution in [2.24, 2.45) is 14.1 Å². The fraction of sp³-hybridized carbons (Fsp3) is 0.232. The Morgan fingerprint density at radius 1 is 0.410 bits per heavy atom. The average molecular weight is 1030 g/mol. The Bertz CT molecular complexity index is 3980. The molecule has 78 heavy (non-hydrogen) atoms. The van der Waals surface area contributed by atoms with Crippen LogP contribution in [0, 0.1) is 11.6 Å². The summed E-state index contributed by atoms with van der Waals surface area (Å²) in [6.45, 7) is 4.60. The van der Waals surface area contributed by atoms with Gasteiger partial charge in [-0.05, 0) is 96.5 Å². The van der Waals surface area contributed by atoms with E-state index in [1.807, 2.05) is 24.3 Å². The Labute approximate surface area is 453 Å². The fourth-order valence-corrected chi connectivity index (χ4v) is 14.1. The Morgan fingerprint density at radius 3 is 1.17 bits per heavy atom. The Kier molecular flexibility index (Phi) is 12.2. The summed E-state index contributed by atoms with van der Waals surface area (Å²) in [5.74, 6) is -1.52. The molecule has 0 amide bonds. The predicted octanol–water partition coefficient (Wildman–Crippen LogP) is 15.4. The summed E-state index contributed by atoms with van der Waals surface area (Å²) in [6.07, 6.45) is 8.11. The van der Waals surface area contributed by atoms with Crippen molar-refractivity contribution < 1.29 is 13.6 Å². The second kappa shape index (κ2) is 19.7. The Balaban J connectivity index is 0.943. The third-order valence-corrected chi connectivity index (χ3v) is 17.8. The molecule has 14 rings (SSSR count). The van der Waals surface area contributed by atoms with Crippen molar-refractivity contribution >= 4 is 71.2 Å². The Morgan fingerprint density at radius 2 is 0.756 bits per heavy atom. The second-order valence-corrected chi connectivity index (χ2v) is 22.1. The highest BCUT2D eigenvalue weighted by Crippen LogP contribution is 2.49. The summed E-state index contributed by atoms with van der Waals surface area (Å²) in [4.78, 5) is 22.2. The van der Waals surface area contributed by atoms with E-state index in [2.05, 4.69) is 188 Å². The number of ketones is 1. The molecule has 2 aliphatic rings. The minimum atomic E-state index is -0.673. The lowest BCUT2D eigenvalue weighted by Crippen LogP contribution is -2.34. The van der Waals surface area contributed by atoms with Crippen LogP contribution >= 0.6 is 0 Å². The number of hydrogen-bond donors (Lipinski definition) is 0. The molecule has 9 heteroatoms. The number of carbonyl (C=O) groups is 1. The van der Waals surface area contributed by atoms with Gasteiger partial charge in [-0.2, -0.15) is 0 Å². The minimum absolute atomic E-state index is 0.124. The number of piperidine rings is 2. The molecule has 0 N–H and O–H groups in total. The van der Waals surface area contributed by atoms with Crippen molar-refractivity contribution in [1.82, 2.24) is 28.1 Å². The molecule has 0 bridgehead atoms. The van der Waals surface area contributed by atoms with Gasteiger partial charge in [0.15, 0.2) is 5.78 Å². The minimum Gasteiger partial charge on any atom is -0.350 e. The summed E-state index contributed by atoms with van der Waals surface area (Å²) in [5, 5.41) is 6.63. The van der Waals surface area contributed by atoms with Gasteiger partial charge in [0.1, 0.15) is 11.6 Å². The third-order valence-electron chi connectivity index (χ3n) is 17.8. The molecule has 12 aromatic rings. The lowest BCUT2D eigenvalue weighted by molar-refractivity contribution is -0.120. The van der Waals surface area contributed by atoms with Gasteiger partial charge in [-0.15, -0.1) is 0 Å². The number of benzene rings is 8. The maximum Gasteiger partial charge on any atom is 0.156 e. The first-order valence-corrected chi connectivity index (χ1v) is 27.8. The monoisotopic (exact) mass is 1030 g/mol. The third kappa shape index (κ3) is 8.08. The zero-order valence-electron chi connectivity index (χ0n) is 44.2. The van der Waals surface area contributed by atoms with E-state index in [9.17, 15) is 8.78 Å². The number of Topliss-reactive ketones (excluding diaryl/α,β-unsaturated/α-hetero) is 1. The van der Waals surface area contributed by atoms with Gasteiger partial charge < -0.3 is 18.3 Å². The van der Waals surface area contributed by atoms with Crippen molar-refractivity contribution in [3.8, 4) is 0 Å². The van der Waals surface area contributed by atoms with Gasteiger partial charge in [0.2, 0.25) is 0 Å². The molecule has 6 heterocycles. The summed E-state index contributed by atoms with van der Waals surface area (Å²) < 4.78 is 39.3. The molecule has 2 aliphatic heterocycles. The van der Waals surface area contributed by atoms with Crippen molar-refractivity contribution in [1.29, 1.82) is 0 Å². The highest BCUT2D eigenvalue weighted by Gasteiger charge is 2.39. The van der Waals surface area contributed by atoms with Gasteiger partial charge in [-0.3, -0.25) is 14.6 Å². The van der Waals surface area contributed by atoms with Crippen molar-refractivity contribution in [2.45, 2.75) is 62.7 Å². The van der Waals surface area contributed by atoms with Gasteiger partial charge in [0.05, 0.1) is 11.8 Å². The van der Waals surface area contributed by atoms with Crippen LogP contribution in [-0.4, -0.2) is 60.0 Å². The molecule has 7 nitrogen and oxygen atoms in total. The molecule has 388 valence electrons. The number of nitrogens with zero attached hydrogens (tertiary/aromatic N) is 6. The van der Waals surface area contributed by atoms with Crippen LogP contribution in [0.15, 0.2) is 194 Å². The maximum absolute atomic E-state index is 17.5. The number of halogens is 2. The van der Waals surface area contributed by atoms with Crippen LogP contribution in [0.4, 0.5) is 8.78 Å². The molecule has 2 saturated heterocycles. The van der Waals surface area contributed by atoms with Crippen LogP contribution in [0.3, 0.4) is 0 Å². The van der Waals surface area contributed by atoms with E-state index in [0.717, 1.165) is 151 Å². The van der Waals surface area contributed by atoms with Crippen LogP contribution < -0.4 is 0 Å². The predicted molar refractivity (Wildman–Crippen MR) is 313 cm³/mol. The fourth-order valence-electron chi connectivity index (χ4n) is 14.1. The summed E-state index contributed by atoms with van der Waals surface area (Å²) in [6, 6.07) is 62.6. The van der Waals surface area contributed by atoms with E-state index in [1.165, 1.54) is 0 Å². The number of aryl methyl sites for hydroxylation is 2. The van der Waals surface area contributed by atoms with Gasteiger partial charge in [-0.25, -0.2) is 8.78 Å². The SMILES string of the molecule is Cn1cc(C(C(=O)C(c2cn(C)c3ccccc23)c2cccc3c2c2ccccc2n3C2CCN(Cc3ccccc3F)CC2)c2cccc3c2c2ccccc2n3C2CCN(Cc3ccccc3F)CC2)c2ccccc21. The molecule has 2 fully saturated rings.